The highest BCUT2D eigenvalue weighted by Gasteiger charge is 2.03. The summed E-state index contributed by atoms with van der Waals surface area (Å²) in [6, 6.07) is 5.63. The molecule has 5 heteroatoms. The minimum absolute atomic E-state index is 0.281. The summed E-state index contributed by atoms with van der Waals surface area (Å²) in [6.07, 6.45) is 1.97. The van der Waals surface area contributed by atoms with Gasteiger partial charge in [-0.25, -0.2) is 4.98 Å². The summed E-state index contributed by atoms with van der Waals surface area (Å²) in [5.74, 6) is 0.322. The molecule has 0 spiro atoms. The molecule has 17 heavy (non-hydrogen) atoms. The number of carbonyl (C=O) groups excluding carboxylic acids is 1. The molecule has 1 rings (SSSR count). The van der Waals surface area contributed by atoms with E-state index in [0.29, 0.717) is 24.3 Å². The van der Waals surface area contributed by atoms with E-state index < -0.39 is 0 Å². The summed E-state index contributed by atoms with van der Waals surface area (Å²) in [5.41, 5.74) is 6.43. The number of aromatic nitrogens is 1. The van der Waals surface area contributed by atoms with Crippen molar-refractivity contribution in [2.24, 2.45) is 5.73 Å². The van der Waals surface area contributed by atoms with E-state index in [4.69, 9.17) is 11.0 Å². The van der Waals surface area contributed by atoms with E-state index in [0.717, 1.165) is 18.5 Å². The van der Waals surface area contributed by atoms with E-state index in [1.54, 1.807) is 12.1 Å². The fourth-order valence-electron chi connectivity index (χ4n) is 1.41. The summed E-state index contributed by atoms with van der Waals surface area (Å²) in [6.45, 7) is 2.55. The molecule has 0 saturated carbocycles. The lowest BCUT2D eigenvalue weighted by atomic mass is 10.2. The third kappa shape index (κ3) is 4.51. The molecule has 0 unspecified atom stereocenters. The summed E-state index contributed by atoms with van der Waals surface area (Å²) in [7, 11) is 0. The quantitative estimate of drug-likeness (QED) is 0.724. The first-order valence-corrected chi connectivity index (χ1v) is 5.53. The highest BCUT2D eigenvalue weighted by molar-refractivity contribution is 5.73. The Hall–Kier alpha value is -2.09. The Morgan fingerprint density at radius 1 is 1.53 bits per heavy atom. The van der Waals surface area contributed by atoms with Crippen molar-refractivity contribution >= 4 is 11.7 Å². The molecule has 0 aliphatic carbocycles. The lowest BCUT2D eigenvalue weighted by Gasteiger charge is -2.07. The molecule has 0 saturated heterocycles. The van der Waals surface area contributed by atoms with Crippen LogP contribution in [0.2, 0.25) is 0 Å². The zero-order chi connectivity index (χ0) is 12.7. The SMILES string of the molecule is Cc1ccc(C#N)c(NCCCCC(N)=O)n1. The number of hydrogen-bond acceptors (Lipinski definition) is 4. The summed E-state index contributed by atoms with van der Waals surface area (Å²) >= 11 is 0. The molecule has 1 heterocycles. The molecule has 0 bridgehead atoms. The number of nitrogens with zero attached hydrogens (tertiary/aromatic N) is 2. The lowest BCUT2D eigenvalue weighted by Crippen LogP contribution is -2.11. The fourth-order valence-corrected chi connectivity index (χ4v) is 1.41. The minimum atomic E-state index is -0.281. The van der Waals surface area contributed by atoms with Crippen molar-refractivity contribution in [2.45, 2.75) is 26.2 Å². The van der Waals surface area contributed by atoms with Gasteiger partial charge in [0.1, 0.15) is 11.9 Å². The van der Waals surface area contributed by atoms with Crippen LogP contribution in [0.25, 0.3) is 0 Å². The predicted molar refractivity (Wildman–Crippen MR) is 65.2 cm³/mol. The van der Waals surface area contributed by atoms with Crippen LogP contribution in [-0.2, 0) is 4.79 Å². The third-order valence-corrected chi connectivity index (χ3v) is 2.30. The van der Waals surface area contributed by atoms with E-state index in [2.05, 4.69) is 16.4 Å². The summed E-state index contributed by atoms with van der Waals surface area (Å²) < 4.78 is 0. The van der Waals surface area contributed by atoms with E-state index in [9.17, 15) is 4.79 Å². The zero-order valence-electron chi connectivity index (χ0n) is 9.86. The van der Waals surface area contributed by atoms with Crippen LogP contribution in [0.15, 0.2) is 12.1 Å². The number of unbranched alkanes of at least 4 members (excludes halogenated alkanes) is 1. The third-order valence-electron chi connectivity index (χ3n) is 2.30. The normalized spacial score (nSPS) is 9.65. The Morgan fingerprint density at radius 3 is 2.94 bits per heavy atom. The van der Waals surface area contributed by atoms with Gasteiger partial charge in [-0.2, -0.15) is 5.26 Å². The number of nitrogens with one attached hydrogen (secondary N) is 1. The van der Waals surface area contributed by atoms with Gasteiger partial charge in [-0.15, -0.1) is 0 Å². The van der Waals surface area contributed by atoms with Crippen LogP contribution in [0.4, 0.5) is 5.82 Å². The highest BCUT2D eigenvalue weighted by Crippen LogP contribution is 2.12. The van der Waals surface area contributed by atoms with Crippen LogP contribution in [0.3, 0.4) is 0 Å². The Bertz CT molecular complexity index is 437. The number of hydrogen-bond donors (Lipinski definition) is 2. The van der Waals surface area contributed by atoms with Crippen molar-refractivity contribution in [1.82, 2.24) is 4.98 Å². The van der Waals surface area contributed by atoms with Gasteiger partial charge < -0.3 is 11.1 Å². The van der Waals surface area contributed by atoms with Crippen LogP contribution < -0.4 is 11.1 Å². The maximum absolute atomic E-state index is 10.5. The molecule has 0 aromatic carbocycles. The largest absolute Gasteiger partial charge is 0.370 e. The molecule has 0 fully saturated rings. The topological polar surface area (TPSA) is 91.8 Å². The molecule has 0 radical (unpaired) electrons. The van der Waals surface area contributed by atoms with Gasteiger partial charge >= 0.3 is 0 Å². The minimum Gasteiger partial charge on any atom is -0.370 e. The van der Waals surface area contributed by atoms with Crippen LogP contribution in [0.1, 0.15) is 30.5 Å². The number of pyridine rings is 1. The standard InChI is InChI=1S/C12H16N4O/c1-9-5-6-10(8-13)12(16-9)15-7-3-2-4-11(14)17/h5-6H,2-4,7H2,1H3,(H2,14,17)(H,15,16). The Morgan fingerprint density at radius 2 is 2.29 bits per heavy atom. The first-order chi connectivity index (χ1) is 8.13. The van der Waals surface area contributed by atoms with E-state index in [-0.39, 0.29) is 5.91 Å². The van der Waals surface area contributed by atoms with E-state index in [1.165, 1.54) is 0 Å². The monoisotopic (exact) mass is 232 g/mol. The van der Waals surface area contributed by atoms with Gasteiger partial charge in [-0.3, -0.25) is 4.79 Å². The first kappa shape index (κ1) is 13.0. The number of nitriles is 1. The summed E-state index contributed by atoms with van der Waals surface area (Å²) in [4.78, 5) is 14.8. The van der Waals surface area contributed by atoms with Gasteiger partial charge in [0.05, 0.1) is 5.56 Å². The van der Waals surface area contributed by atoms with Crippen molar-refractivity contribution in [3.63, 3.8) is 0 Å². The van der Waals surface area contributed by atoms with E-state index >= 15 is 0 Å². The Kier molecular flexibility index (Phi) is 4.95. The van der Waals surface area contributed by atoms with Crippen LogP contribution >= 0.6 is 0 Å². The number of amides is 1. The van der Waals surface area contributed by atoms with Crippen molar-refractivity contribution in [3.8, 4) is 6.07 Å². The van der Waals surface area contributed by atoms with Gasteiger partial charge in [0, 0.05) is 18.7 Å². The first-order valence-electron chi connectivity index (χ1n) is 5.53. The molecule has 1 amide bonds. The van der Waals surface area contributed by atoms with Crippen LogP contribution in [0.5, 0.6) is 0 Å². The average molecular weight is 232 g/mol. The molecule has 0 aliphatic rings. The predicted octanol–water partition coefficient (Wildman–Crippen LogP) is 1.33. The molecule has 5 nitrogen and oxygen atoms in total. The number of anilines is 1. The maximum Gasteiger partial charge on any atom is 0.217 e. The second kappa shape index (κ2) is 6.48. The van der Waals surface area contributed by atoms with Crippen molar-refractivity contribution in [2.75, 3.05) is 11.9 Å². The lowest BCUT2D eigenvalue weighted by molar-refractivity contribution is -0.118. The molecule has 1 aromatic heterocycles. The second-order valence-corrected chi connectivity index (χ2v) is 3.81. The number of aryl methyl sites for hydroxylation is 1. The average Bonchev–Trinajstić information content (AvgIpc) is 2.28. The van der Waals surface area contributed by atoms with Crippen LogP contribution in [0, 0.1) is 18.3 Å². The molecule has 0 aliphatic heterocycles. The fraction of sp³-hybridized carbons (Fsp3) is 0.417. The highest BCUT2D eigenvalue weighted by atomic mass is 16.1. The van der Waals surface area contributed by atoms with Gasteiger partial charge in [0.15, 0.2) is 0 Å². The molecule has 3 N–H and O–H groups in total. The summed E-state index contributed by atoms with van der Waals surface area (Å²) in [5, 5.41) is 12.0. The van der Waals surface area contributed by atoms with Crippen molar-refractivity contribution < 1.29 is 4.79 Å². The second-order valence-electron chi connectivity index (χ2n) is 3.81. The maximum atomic E-state index is 10.5. The molecule has 90 valence electrons. The molecular weight excluding hydrogens is 216 g/mol. The number of primary amides is 1. The Labute approximate surface area is 101 Å². The molecule has 0 atom stereocenters. The molecular formula is C12H16N4O. The smallest absolute Gasteiger partial charge is 0.217 e. The van der Waals surface area contributed by atoms with Crippen LogP contribution in [-0.4, -0.2) is 17.4 Å². The Balaban J connectivity index is 2.43. The van der Waals surface area contributed by atoms with Crippen molar-refractivity contribution in [3.05, 3.63) is 23.4 Å². The number of carbonyl (C=O) groups is 1. The number of rotatable bonds is 6. The van der Waals surface area contributed by atoms with E-state index in [1.807, 2.05) is 6.92 Å². The van der Waals surface area contributed by atoms with Gasteiger partial charge in [-0.1, -0.05) is 0 Å². The van der Waals surface area contributed by atoms with Gasteiger partial charge in [-0.05, 0) is 31.9 Å². The van der Waals surface area contributed by atoms with Crippen molar-refractivity contribution in [1.29, 1.82) is 5.26 Å². The van der Waals surface area contributed by atoms with Gasteiger partial charge in [0.2, 0.25) is 5.91 Å². The zero-order valence-corrected chi connectivity index (χ0v) is 9.86. The number of nitrogens with two attached hydrogens (primary N) is 1. The van der Waals surface area contributed by atoms with Gasteiger partial charge in [0.25, 0.3) is 0 Å². The molecule has 1 aromatic rings.